The molecule has 2 fully saturated rings. The molecule has 0 N–H and O–H groups in total. The average Bonchev–Trinajstić information content (AvgIpc) is 3.67. The molecular formula is C25H20O4. The molecule has 0 amide bonds. The van der Waals surface area contributed by atoms with Crippen LogP contribution in [0.5, 0.6) is 11.5 Å². The zero-order valence-electron chi connectivity index (χ0n) is 15.8. The maximum absolute atomic E-state index is 5.80. The first-order valence-corrected chi connectivity index (χ1v) is 9.91. The van der Waals surface area contributed by atoms with Gasteiger partial charge >= 0.3 is 0 Å². The summed E-state index contributed by atoms with van der Waals surface area (Å²) in [4.78, 5) is 0. The van der Waals surface area contributed by atoms with E-state index in [-0.39, 0.29) is 12.4 Å². The van der Waals surface area contributed by atoms with E-state index in [0.717, 1.165) is 23.5 Å². The SMILES string of the molecule is c1cc2cc(-c3ccc4cc(OC5CO5)ccc4c3)ccc2cc1OCC1CO1. The van der Waals surface area contributed by atoms with Gasteiger partial charge in [-0.2, -0.15) is 0 Å². The summed E-state index contributed by atoms with van der Waals surface area (Å²) in [5.74, 6) is 1.74. The number of hydrogen-bond acceptors (Lipinski definition) is 4. The van der Waals surface area contributed by atoms with Gasteiger partial charge in [0.25, 0.3) is 0 Å². The van der Waals surface area contributed by atoms with Crippen molar-refractivity contribution in [1.29, 1.82) is 0 Å². The van der Waals surface area contributed by atoms with E-state index in [1.54, 1.807) is 0 Å². The summed E-state index contributed by atoms with van der Waals surface area (Å²) in [5.41, 5.74) is 2.40. The van der Waals surface area contributed by atoms with Gasteiger partial charge < -0.3 is 18.9 Å². The van der Waals surface area contributed by atoms with Gasteiger partial charge in [-0.1, -0.05) is 36.4 Å². The Bertz CT molecular complexity index is 1210. The van der Waals surface area contributed by atoms with Crippen molar-refractivity contribution in [3.63, 3.8) is 0 Å². The minimum absolute atomic E-state index is 0.0720. The Morgan fingerprint density at radius 3 is 1.83 bits per heavy atom. The van der Waals surface area contributed by atoms with Gasteiger partial charge in [0, 0.05) is 0 Å². The lowest BCUT2D eigenvalue weighted by molar-refractivity contribution is 0.179. The Labute approximate surface area is 168 Å². The molecule has 0 saturated carbocycles. The predicted molar refractivity (Wildman–Crippen MR) is 112 cm³/mol. The van der Waals surface area contributed by atoms with E-state index in [4.69, 9.17) is 18.9 Å². The lowest BCUT2D eigenvalue weighted by Crippen LogP contribution is -2.03. The third-order valence-corrected chi connectivity index (χ3v) is 5.37. The van der Waals surface area contributed by atoms with Crippen molar-refractivity contribution in [2.24, 2.45) is 0 Å². The van der Waals surface area contributed by atoms with E-state index in [1.807, 2.05) is 12.1 Å². The van der Waals surface area contributed by atoms with Gasteiger partial charge in [-0.15, -0.1) is 0 Å². The largest absolute Gasteiger partial charge is 0.491 e. The summed E-state index contributed by atoms with van der Waals surface area (Å²) in [5, 5.41) is 4.73. The number of fused-ring (bicyclic) bond motifs is 2. The van der Waals surface area contributed by atoms with Crippen LogP contribution in [-0.4, -0.2) is 32.2 Å². The smallest absolute Gasteiger partial charge is 0.223 e. The van der Waals surface area contributed by atoms with Crippen LogP contribution < -0.4 is 9.47 Å². The number of epoxide rings is 2. The molecule has 4 heteroatoms. The van der Waals surface area contributed by atoms with Crippen LogP contribution in [0, 0.1) is 0 Å². The summed E-state index contributed by atoms with van der Waals surface area (Å²) in [6.07, 6.45) is 0.197. The molecule has 4 aromatic carbocycles. The monoisotopic (exact) mass is 384 g/mol. The van der Waals surface area contributed by atoms with E-state index >= 15 is 0 Å². The fourth-order valence-corrected chi connectivity index (χ4v) is 3.58. The second kappa shape index (κ2) is 6.76. The first-order chi connectivity index (χ1) is 14.3. The van der Waals surface area contributed by atoms with Crippen molar-refractivity contribution in [3.05, 3.63) is 72.8 Å². The Balaban J connectivity index is 1.28. The second-order valence-electron chi connectivity index (χ2n) is 7.59. The van der Waals surface area contributed by atoms with E-state index in [1.165, 1.54) is 27.3 Å². The zero-order chi connectivity index (χ0) is 19.2. The topological polar surface area (TPSA) is 43.5 Å². The van der Waals surface area contributed by atoms with Gasteiger partial charge in [-0.05, 0) is 69.1 Å². The Hall–Kier alpha value is -3.08. The standard InChI is InChI=1S/C25H20O4/c1-3-20-11-22(26-13-24-14-27-24)7-5-18(20)9-16(1)17-2-4-21-12-23(29-25-15-28-25)8-6-19(21)10-17/h1-12,24-25H,13-15H2. The molecule has 144 valence electrons. The van der Waals surface area contributed by atoms with Crippen molar-refractivity contribution in [3.8, 4) is 22.6 Å². The van der Waals surface area contributed by atoms with Crippen LogP contribution in [0.3, 0.4) is 0 Å². The van der Waals surface area contributed by atoms with Gasteiger partial charge in [0.15, 0.2) is 0 Å². The highest BCUT2D eigenvalue weighted by atomic mass is 16.8. The highest BCUT2D eigenvalue weighted by Gasteiger charge is 2.24. The Morgan fingerprint density at radius 2 is 1.21 bits per heavy atom. The molecule has 2 unspecified atom stereocenters. The van der Waals surface area contributed by atoms with Gasteiger partial charge in [0.2, 0.25) is 6.29 Å². The molecule has 2 atom stereocenters. The van der Waals surface area contributed by atoms with Crippen LogP contribution in [0.2, 0.25) is 0 Å². The zero-order valence-corrected chi connectivity index (χ0v) is 15.8. The molecule has 0 aromatic heterocycles. The molecule has 2 aliphatic heterocycles. The normalized spacial score (nSPS) is 20.0. The molecule has 2 heterocycles. The fourth-order valence-electron chi connectivity index (χ4n) is 3.58. The third-order valence-electron chi connectivity index (χ3n) is 5.37. The van der Waals surface area contributed by atoms with Crippen molar-refractivity contribution in [2.75, 3.05) is 19.8 Å². The number of rotatable bonds is 6. The summed E-state index contributed by atoms with van der Waals surface area (Å²) in [6.45, 7) is 2.12. The van der Waals surface area contributed by atoms with Gasteiger partial charge in [0.1, 0.15) is 30.8 Å². The molecule has 2 aliphatic rings. The summed E-state index contributed by atoms with van der Waals surface area (Å²) in [6, 6.07) is 25.5. The van der Waals surface area contributed by atoms with Crippen LogP contribution in [0.4, 0.5) is 0 Å². The predicted octanol–water partition coefficient (Wildman–Crippen LogP) is 5.17. The maximum Gasteiger partial charge on any atom is 0.223 e. The minimum Gasteiger partial charge on any atom is -0.491 e. The van der Waals surface area contributed by atoms with Gasteiger partial charge in [-0.3, -0.25) is 0 Å². The fraction of sp³-hybridized carbons (Fsp3) is 0.200. The van der Waals surface area contributed by atoms with Crippen LogP contribution in [-0.2, 0) is 9.47 Å². The van der Waals surface area contributed by atoms with Crippen molar-refractivity contribution in [2.45, 2.75) is 12.4 Å². The third kappa shape index (κ3) is 3.65. The molecule has 0 radical (unpaired) electrons. The van der Waals surface area contributed by atoms with E-state index in [9.17, 15) is 0 Å². The van der Waals surface area contributed by atoms with Crippen LogP contribution in [0.25, 0.3) is 32.7 Å². The number of benzene rings is 4. The number of hydrogen-bond donors (Lipinski definition) is 0. The molecule has 29 heavy (non-hydrogen) atoms. The molecule has 4 aromatic rings. The number of ether oxygens (including phenoxy) is 4. The first kappa shape index (κ1) is 16.8. The average molecular weight is 384 g/mol. The van der Waals surface area contributed by atoms with Crippen molar-refractivity contribution in [1.82, 2.24) is 0 Å². The summed E-state index contributed by atoms with van der Waals surface area (Å²) in [7, 11) is 0. The summed E-state index contributed by atoms with van der Waals surface area (Å²) >= 11 is 0. The van der Waals surface area contributed by atoms with Gasteiger partial charge in [0.05, 0.1) is 6.61 Å². The second-order valence-corrected chi connectivity index (χ2v) is 7.59. The highest BCUT2D eigenvalue weighted by molar-refractivity contribution is 5.92. The first-order valence-electron chi connectivity index (χ1n) is 9.91. The lowest BCUT2D eigenvalue weighted by Gasteiger charge is -2.09. The van der Waals surface area contributed by atoms with E-state index in [2.05, 4.69) is 60.7 Å². The van der Waals surface area contributed by atoms with Gasteiger partial charge in [-0.25, -0.2) is 0 Å². The van der Waals surface area contributed by atoms with Crippen LogP contribution >= 0.6 is 0 Å². The molecule has 0 spiro atoms. The molecule has 4 nitrogen and oxygen atoms in total. The highest BCUT2D eigenvalue weighted by Crippen LogP contribution is 2.31. The Kier molecular flexibility index (Phi) is 3.93. The van der Waals surface area contributed by atoms with Crippen molar-refractivity contribution < 1.29 is 18.9 Å². The van der Waals surface area contributed by atoms with E-state index < -0.39 is 0 Å². The lowest BCUT2D eigenvalue weighted by atomic mass is 9.98. The Morgan fingerprint density at radius 1 is 0.655 bits per heavy atom. The van der Waals surface area contributed by atoms with Crippen LogP contribution in [0.1, 0.15) is 0 Å². The van der Waals surface area contributed by atoms with Crippen molar-refractivity contribution >= 4 is 21.5 Å². The molecule has 0 bridgehead atoms. The molecule has 6 rings (SSSR count). The van der Waals surface area contributed by atoms with E-state index in [0.29, 0.717) is 13.2 Å². The summed E-state index contributed by atoms with van der Waals surface area (Å²) < 4.78 is 21.8. The van der Waals surface area contributed by atoms with Crippen LogP contribution in [0.15, 0.2) is 72.8 Å². The molecular weight excluding hydrogens is 364 g/mol. The maximum atomic E-state index is 5.80. The minimum atomic E-state index is -0.0720. The molecule has 2 saturated heterocycles. The quantitative estimate of drug-likeness (QED) is 0.430. The molecule has 0 aliphatic carbocycles.